The van der Waals surface area contributed by atoms with Gasteiger partial charge in [0.25, 0.3) is 5.91 Å². The van der Waals surface area contributed by atoms with Gasteiger partial charge in [-0.15, -0.1) is 12.6 Å². The summed E-state index contributed by atoms with van der Waals surface area (Å²) in [4.78, 5) is 15.0. The van der Waals surface area contributed by atoms with Gasteiger partial charge in [0.1, 0.15) is 0 Å². The van der Waals surface area contributed by atoms with Crippen LogP contribution < -0.4 is 0 Å². The van der Waals surface area contributed by atoms with Crippen molar-refractivity contribution in [1.29, 1.82) is 5.26 Å². The predicted octanol–water partition coefficient (Wildman–Crippen LogP) is 3.26. The van der Waals surface area contributed by atoms with Crippen LogP contribution in [0.5, 0.6) is 0 Å². The number of thiol groups is 1. The lowest BCUT2D eigenvalue weighted by Crippen LogP contribution is -2.34. The summed E-state index contributed by atoms with van der Waals surface area (Å²) in [5, 5.41) is 8.66. The van der Waals surface area contributed by atoms with Gasteiger partial charge >= 0.3 is 0 Å². The molecule has 0 radical (unpaired) electrons. The molecule has 0 aromatic heterocycles. The number of carbonyl (C=O) groups is 1. The summed E-state index contributed by atoms with van der Waals surface area (Å²) in [5.74, 6) is -0.0180. The van der Waals surface area contributed by atoms with Crippen molar-refractivity contribution in [3.05, 3.63) is 28.2 Å². The third kappa shape index (κ3) is 3.06. The Hall–Kier alpha value is -0.990. The average molecular weight is 325 g/mol. The highest BCUT2D eigenvalue weighted by molar-refractivity contribution is 9.10. The molecule has 94 valence electrons. The summed E-state index contributed by atoms with van der Waals surface area (Å²) in [6, 6.07) is 7.82. The van der Waals surface area contributed by atoms with Crippen LogP contribution >= 0.6 is 28.6 Å². The van der Waals surface area contributed by atoms with Gasteiger partial charge in [-0.3, -0.25) is 4.79 Å². The third-order valence-corrected chi connectivity index (χ3v) is 3.86. The molecule has 0 bridgehead atoms. The van der Waals surface area contributed by atoms with E-state index in [4.69, 9.17) is 5.26 Å². The number of nitriles is 1. The molecule has 0 unspecified atom stereocenters. The van der Waals surface area contributed by atoms with Crippen LogP contribution in [0, 0.1) is 11.3 Å². The zero-order chi connectivity index (χ0) is 13.1. The van der Waals surface area contributed by atoms with Crippen molar-refractivity contribution in [3.63, 3.8) is 0 Å². The summed E-state index contributed by atoms with van der Waals surface area (Å²) in [6.45, 7) is 0.503. The van der Waals surface area contributed by atoms with E-state index in [0.717, 1.165) is 22.2 Å². The molecule has 0 saturated heterocycles. The molecule has 0 heterocycles. The summed E-state index contributed by atoms with van der Waals surface area (Å²) < 4.78 is 0.771. The number of carbonyl (C=O) groups excluding carboxylic acids is 1. The molecule has 2 rings (SSSR count). The van der Waals surface area contributed by atoms with Crippen LogP contribution in [0.15, 0.2) is 27.6 Å². The second-order valence-electron chi connectivity index (χ2n) is 4.30. The molecule has 1 amide bonds. The molecule has 1 saturated carbocycles. The minimum absolute atomic E-state index is 0.0180. The van der Waals surface area contributed by atoms with E-state index in [-0.39, 0.29) is 5.91 Å². The highest BCUT2D eigenvalue weighted by Gasteiger charge is 2.33. The molecule has 0 aliphatic heterocycles. The lowest BCUT2D eigenvalue weighted by molar-refractivity contribution is 0.0745. The molecule has 18 heavy (non-hydrogen) atoms. The van der Waals surface area contributed by atoms with Gasteiger partial charge in [0.05, 0.1) is 18.1 Å². The maximum absolute atomic E-state index is 12.5. The number of nitrogens with zero attached hydrogens (tertiary/aromatic N) is 2. The Morgan fingerprint density at radius 1 is 1.56 bits per heavy atom. The first-order chi connectivity index (χ1) is 8.63. The van der Waals surface area contributed by atoms with Crippen LogP contribution in [-0.2, 0) is 0 Å². The molecule has 0 atom stereocenters. The molecular formula is C13H13BrN2OS. The summed E-state index contributed by atoms with van der Waals surface area (Å²) >= 11 is 7.65. The van der Waals surface area contributed by atoms with Gasteiger partial charge in [-0.25, -0.2) is 0 Å². The van der Waals surface area contributed by atoms with Crippen LogP contribution in [0.4, 0.5) is 0 Å². The summed E-state index contributed by atoms with van der Waals surface area (Å²) in [5.41, 5.74) is 0.618. The average Bonchev–Trinajstić information content (AvgIpc) is 3.17. The van der Waals surface area contributed by atoms with Gasteiger partial charge in [-0.05, 0) is 47.0 Å². The Morgan fingerprint density at radius 2 is 2.28 bits per heavy atom. The molecule has 1 aliphatic rings. The van der Waals surface area contributed by atoms with E-state index in [9.17, 15) is 4.79 Å². The monoisotopic (exact) mass is 324 g/mol. The SMILES string of the molecule is N#CCCN(C(=O)c1cc(S)ccc1Br)C1CC1. The van der Waals surface area contributed by atoms with Gasteiger partial charge < -0.3 is 4.90 Å². The zero-order valence-electron chi connectivity index (χ0n) is 9.77. The van der Waals surface area contributed by atoms with Crippen LogP contribution in [0.3, 0.4) is 0 Å². The Labute approximate surface area is 120 Å². The summed E-state index contributed by atoms with van der Waals surface area (Å²) in [6.07, 6.45) is 2.45. The quantitative estimate of drug-likeness (QED) is 0.864. The van der Waals surface area contributed by atoms with Crippen LogP contribution in [0.2, 0.25) is 0 Å². The Morgan fingerprint density at radius 3 is 2.89 bits per heavy atom. The lowest BCUT2D eigenvalue weighted by Gasteiger charge is -2.22. The van der Waals surface area contributed by atoms with Gasteiger partial charge in [0, 0.05) is 22.0 Å². The van der Waals surface area contributed by atoms with Gasteiger partial charge in [0.2, 0.25) is 0 Å². The summed E-state index contributed by atoms with van der Waals surface area (Å²) in [7, 11) is 0. The molecule has 1 aliphatic carbocycles. The van der Waals surface area contributed by atoms with Gasteiger partial charge in [0.15, 0.2) is 0 Å². The number of rotatable bonds is 4. The number of halogens is 1. The molecule has 0 N–H and O–H groups in total. The van der Waals surface area contributed by atoms with E-state index < -0.39 is 0 Å². The molecule has 1 aromatic carbocycles. The first-order valence-electron chi connectivity index (χ1n) is 5.80. The maximum Gasteiger partial charge on any atom is 0.255 e. The highest BCUT2D eigenvalue weighted by atomic mass is 79.9. The van der Waals surface area contributed by atoms with E-state index >= 15 is 0 Å². The van der Waals surface area contributed by atoms with Crippen molar-refractivity contribution in [2.45, 2.75) is 30.2 Å². The first-order valence-corrected chi connectivity index (χ1v) is 7.04. The van der Waals surface area contributed by atoms with E-state index in [1.807, 2.05) is 12.1 Å². The third-order valence-electron chi connectivity index (χ3n) is 2.89. The standard InChI is InChI=1S/C13H13BrN2OS/c14-12-5-4-10(18)8-11(12)13(17)16(7-1-6-15)9-2-3-9/h4-5,8-9,18H,1-3,7H2. The fourth-order valence-corrected chi connectivity index (χ4v) is 2.46. The van der Waals surface area contributed by atoms with Gasteiger partial charge in [-0.1, -0.05) is 0 Å². The van der Waals surface area contributed by atoms with E-state index in [2.05, 4.69) is 34.6 Å². The van der Waals surface area contributed by atoms with E-state index in [0.29, 0.717) is 24.6 Å². The largest absolute Gasteiger partial charge is 0.335 e. The zero-order valence-corrected chi connectivity index (χ0v) is 12.2. The fourth-order valence-electron chi connectivity index (χ4n) is 1.84. The van der Waals surface area contributed by atoms with E-state index in [1.165, 1.54) is 0 Å². The molecule has 1 aromatic rings. The molecule has 5 heteroatoms. The van der Waals surface area contributed by atoms with Crippen molar-refractivity contribution >= 4 is 34.5 Å². The minimum atomic E-state index is -0.0180. The first kappa shape index (κ1) is 13.4. The van der Waals surface area contributed by atoms with Crippen LogP contribution in [-0.4, -0.2) is 23.4 Å². The Bertz CT molecular complexity index is 508. The molecule has 3 nitrogen and oxygen atoms in total. The molecular weight excluding hydrogens is 312 g/mol. The van der Waals surface area contributed by atoms with Crippen LogP contribution in [0.25, 0.3) is 0 Å². The second kappa shape index (κ2) is 5.77. The second-order valence-corrected chi connectivity index (χ2v) is 5.67. The maximum atomic E-state index is 12.5. The van der Waals surface area contributed by atoms with Crippen LogP contribution in [0.1, 0.15) is 29.6 Å². The smallest absolute Gasteiger partial charge is 0.255 e. The van der Waals surface area contributed by atoms with Gasteiger partial charge in [-0.2, -0.15) is 5.26 Å². The Kier molecular flexibility index (Phi) is 4.31. The molecule has 1 fully saturated rings. The number of benzene rings is 1. The fraction of sp³-hybridized carbons (Fsp3) is 0.385. The van der Waals surface area contributed by atoms with Crippen molar-refractivity contribution in [3.8, 4) is 6.07 Å². The topological polar surface area (TPSA) is 44.1 Å². The predicted molar refractivity (Wildman–Crippen MR) is 75.7 cm³/mol. The van der Waals surface area contributed by atoms with Crippen molar-refractivity contribution in [2.24, 2.45) is 0 Å². The normalized spacial score (nSPS) is 14.1. The van der Waals surface area contributed by atoms with Crippen molar-refractivity contribution in [2.75, 3.05) is 6.54 Å². The number of hydrogen-bond donors (Lipinski definition) is 1. The minimum Gasteiger partial charge on any atom is -0.335 e. The number of amides is 1. The van der Waals surface area contributed by atoms with Crippen molar-refractivity contribution < 1.29 is 4.79 Å². The Balaban J connectivity index is 2.22. The van der Waals surface area contributed by atoms with Crippen molar-refractivity contribution in [1.82, 2.24) is 4.90 Å². The van der Waals surface area contributed by atoms with E-state index in [1.54, 1.807) is 11.0 Å². The number of hydrogen-bond acceptors (Lipinski definition) is 3. The molecule has 0 spiro atoms. The highest BCUT2D eigenvalue weighted by Crippen LogP contribution is 2.30. The lowest BCUT2D eigenvalue weighted by atomic mass is 10.2.